The van der Waals surface area contributed by atoms with Gasteiger partial charge >= 0.3 is 0 Å². The van der Waals surface area contributed by atoms with E-state index in [0.717, 1.165) is 45.0 Å². The third-order valence-corrected chi connectivity index (χ3v) is 5.86. The first kappa shape index (κ1) is 19.5. The van der Waals surface area contributed by atoms with Crippen LogP contribution in [0.3, 0.4) is 0 Å². The van der Waals surface area contributed by atoms with Crippen molar-refractivity contribution in [1.82, 2.24) is 15.5 Å². The minimum absolute atomic E-state index is 0. The Morgan fingerprint density at radius 1 is 1.31 bits per heavy atom. The molecule has 2 aliphatic heterocycles. The number of ether oxygens (including phenoxy) is 1. The second-order valence-corrected chi connectivity index (χ2v) is 8.03. The Kier molecular flexibility index (Phi) is 6.43. The summed E-state index contributed by atoms with van der Waals surface area (Å²) in [6.07, 6.45) is 5.07. The molecule has 0 aromatic heterocycles. The predicted octanol–water partition coefficient (Wildman–Crippen LogP) is 2.20. The van der Waals surface area contributed by atoms with Crippen molar-refractivity contribution in [2.75, 3.05) is 39.3 Å². The van der Waals surface area contributed by atoms with Gasteiger partial charge in [0.2, 0.25) is 0 Å². The average Bonchev–Trinajstić information content (AvgIpc) is 3.22. The van der Waals surface area contributed by atoms with Crippen molar-refractivity contribution in [3.05, 3.63) is 29.8 Å². The van der Waals surface area contributed by atoms with Crippen LogP contribution in [0.4, 0.5) is 0 Å². The second kappa shape index (κ2) is 8.59. The number of rotatable bonds is 7. The molecule has 2 N–H and O–H groups in total. The van der Waals surface area contributed by atoms with Crippen molar-refractivity contribution in [3.63, 3.8) is 0 Å². The summed E-state index contributed by atoms with van der Waals surface area (Å²) in [5.41, 5.74) is 1.67. The molecular formula is C20H30ClN3O2. The normalized spacial score (nSPS) is 25.2. The molecule has 1 aromatic carbocycles. The fraction of sp³-hybridized carbons (Fsp3) is 0.650. The van der Waals surface area contributed by atoms with Crippen molar-refractivity contribution >= 4 is 18.3 Å². The molecule has 4 rings (SSSR count). The highest BCUT2D eigenvalue weighted by atomic mass is 35.5. The van der Waals surface area contributed by atoms with Crippen LogP contribution in [-0.4, -0.2) is 50.1 Å². The molecule has 1 amide bonds. The number of hydrogen-bond acceptors (Lipinski definition) is 4. The van der Waals surface area contributed by atoms with Crippen molar-refractivity contribution < 1.29 is 9.53 Å². The van der Waals surface area contributed by atoms with Crippen molar-refractivity contribution in [2.24, 2.45) is 11.3 Å². The Morgan fingerprint density at radius 2 is 2.15 bits per heavy atom. The number of amides is 1. The number of benzene rings is 1. The van der Waals surface area contributed by atoms with Gasteiger partial charge in [-0.3, -0.25) is 9.69 Å². The van der Waals surface area contributed by atoms with Gasteiger partial charge in [0, 0.05) is 31.7 Å². The first-order valence-electron chi connectivity index (χ1n) is 9.63. The fourth-order valence-corrected chi connectivity index (χ4v) is 4.10. The molecule has 144 valence electrons. The van der Waals surface area contributed by atoms with Crippen LogP contribution in [0.2, 0.25) is 0 Å². The molecule has 0 radical (unpaired) electrons. The summed E-state index contributed by atoms with van der Waals surface area (Å²) in [5, 5.41) is 6.47. The summed E-state index contributed by atoms with van der Waals surface area (Å²) in [5.74, 6) is 1.53. The number of para-hydroxylation sites is 1. The molecule has 1 aromatic rings. The molecule has 2 saturated heterocycles. The van der Waals surface area contributed by atoms with Gasteiger partial charge in [0.05, 0.1) is 0 Å². The highest BCUT2D eigenvalue weighted by Gasteiger charge is 2.40. The smallest absolute Gasteiger partial charge is 0.257 e. The van der Waals surface area contributed by atoms with Crippen LogP contribution in [-0.2, 0) is 11.3 Å². The molecule has 3 fully saturated rings. The van der Waals surface area contributed by atoms with Gasteiger partial charge in [-0.05, 0) is 56.2 Å². The van der Waals surface area contributed by atoms with Crippen LogP contribution < -0.4 is 15.4 Å². The van der Waals surface area contributed by atoms with Crippen molar-refractivity contribution in [2.45, 2.75) is 32.2 Å². The van der Waals surface area contributed by atoms with E-state index in [1.165, 1.54) is 31.2 Å². The molecule has 6 heteroatoms. The first-order valence-corrected chi connectivity index (χ1v) is 9.63. The summed E-state index contributed by atoms with van der Waals surface area (Å²) in [7, 11) is 0. The molecule has 1 saturated carbocycles. The number of hydrogen-bond donors (Lipinski definition) is 2. The summed E-state index contributed by atoms with van der Waals surface area (Å²) >= 11 is 0. The van der Waals surface area contributed by atoms with E-state index in [4.69, 9.17) is 4.74 Å². The summed E-state index contributed by atoms with van der Waals surface area (Å²) in [6, 6.07) is 8.13. The molecule has 26 heavy (non-hydrogen) atoms. The molecule has 1 unspecified atom stereocenters. The predicted molar refractivity (Wildman–Crippen MR) is 105 cm³/mol. The highest BCUT2D eigenvalue weighted by Crippen LogP contribution is 2.37. The largest absolute Gasteiger partial charge is 0.483 e. The summed E-state index contributed by atoms with van der Waals surface area (Å²) < 4.78 is 5.83. The van der Waals surface area contributed by atoms with Crippen LogP contribution in [0.5, 0.6) is 5.75 Å². The zero-order valence-electron chi connectivity index (χ0n) is 15.3. The number of carbonyl (C=O) groups excluding carboxylic acids is 1. The van der Waals surface area contributed by atoms with Gasteiger partial charge in [0.25, 0.3) is 5.91 Å². The highest BCUT2D eigenvalue weighted by molar-refractivity contribution is 5.85. The Hall–Kier alpha value is -1.30. The van der Waals surface area contributed by atoms with E-state index in [9.17, 15) is 4.79 Å². The minimum atomic E-state index is -0.0149. The molecule has 5 nitrogen and oxygen atoms in total. The van der Waals surface area contributed by atoms with E-state index < -0.39 is 0 Å². The summed E-state index contributed by atoms with van der Waals surface area (Å²) in [4.78, 5) is 14.5. The minimum Gasteiger partial charge on any atom is -0.483 e. The van der Waals surface area contributed by atoms with Gasteiger partial charge in [-0.25, -0.2) is 0 Å². The van der Waals surface area contributed by atoms with E-state index in [1.807, 2.05) is 12.1 Å². The van der Waals surface area contributed by atoms with Crippen LogP contribution in [0.25, 0.3) is 0 Å². The van der Waals surface area contributed by atoms with E-state index in [1.54, 1.807) is 0 Å². The maximum atomic E-state index is 11.9. The lowest BCUT2D eigenvalue weighted by molar-refractivity contribution is -0.123. The van der Waals surface area contributed by atoms with Gasteiger partial charge in [-0.1, -0.05) is 18.2 Å². The molecule has 1 spiro atoms. The molecule has 2 heterocycles. The Bertz CT molecular complexity index is 615. The van der Waals surface area contributed by atoms with Crippen LogP contribution in [0, 0.1) is 11.3 Å². The number of likely N-dealkylation sites (tertiary alicyclic amines) is 1. The Morgan fingerprint density at radius 3 is 2.92 bits per heavy atom. The second-order valence-electron chi connectivity index (χ2n) is 8.03. The molecule has 0 bridgehead atoms. The van der Waals surface area contributed by atoms with Gasteiger partial charge < -0.3 is 15.4 Å². The Labute approximate surface area is 162 Å². The molecule has 3 aliphatic rings. The van der Waals surface area contributed by atoms with E-state index in [0.29, 0.717) is 11.3 Å². The lowest BCUT2D eigenvalue weighted by atomic mass is 9.86. The lowest BCUT2D eigenvalue weighted by Gasteiger charge is -2.23. The van der Waals surface area contributed by atoms with Gasteiger partial charge in [-0.2, -0.15) is 0 Å². The van der Waals surface area contributed by atoms with Gasteiger partial charge in [-0.15, -0.1) is 12.4 Å². The quantitative estimate of drug-likeness (QED) is 0.762. The van der Waals surface area contributed by atoms with Crippen LogP contribution in [0.1, 0.15) is 31.2 Å². The van der Waals surface area contributed by atoms with Gasteiger partial charge in [0.1, 0.15) is 5.75 Å². The summed E-state index contributed by atoms with van der Waals surface area (Å²) in [6.45, 7) is 6.44. The topological polar surface area (TPSA) is 53.6 Å². The zero-order chi connectivity index (χ0) is 17.1. The number of nitrogens with one attached hydrogen (secondary N) is 2. The van der Waals surface area contributed by atoms with Gasteiger partial charge in [0.15, 0.2) is 6.61 Å². The van der Waals surface area contributed by atoms with Crippen LogP contribution >= 0.6 is 12.4 Å². The molecular weight excluding hydrogens is 350 g/mol. The SMILES string of the molecule is Cl.O=C(COc1ccccc1CN1CCC2(CCNC2)C1)NCC1CC1. The van der Waals surface area contributed by atoms with E-state index >= 15 is 0 Å². The third kappa shape index (κ3) is 4.90. The number of halogens is 1. The monoisotopic (exact) mass is 379 g/mol. The first-order chi connectivity index (χ1) is 12.2. The lowest BCUT2D eigenvalue weighted by Crippen LogP contribution is -2.31. The van der Waals surface area contributed by atoms with E-state index in [2.05, 4.69) is 27.7 Å². The third-order valence-electron chi connectivity index (χ3n) is 5.86. The number of carbonyl (C=O) groups is 1. The fourth-order valence-electron chi connectivity index (χ4n) is 4.10. The maximum Gasteiger partial charge on any atom is 0.257 e. The molecule has 1 atom stereocenters. The van der Waals surface area contributed by atoms with Crippen molar-refractivity contribution in [3.8, 4) is 5.75 Å². The zero-order valence-corrected chi connectivity index (χ0v) is 16.2. The maximum absolute atomic E-state index is 11.9. The molecule has 1 aliphatic carbocycles. The number of nitrogens with zero attached hydrogens (tertiary/aromatic N) is 1. The van der Waals surface area contributed by atoms with Crippen LogP contribution in [0.15, 0.2) is 24.3 Å². The van der Waals surface area contributed by atoms with Crippen molar-refractivity contribution in [1.29, 1.82) is 0 Å². The average molecular weight is 380 g/mol. The van der Waals surface area contributed by atoms with E-state index in [-0.39, 0.29) is 24.9 Å². The standard InChI is InChI=1S/C20H29N3O2.ClH/c24-19(22-11-16-5-6-16)13-25-18-4-2-1-3-17(18)12-23-10-8-20(15-23)7-9-21-14-20;/h1-4,16,21H,5-15H2,(H,22,24);1H. The Balaban J connectivity index is 0.00000196.